The zero-order chi connectivity index (χ0) is 9.97. The summed E-state index contributed by atoms with van der Waals surface area (Å²) in [7, 11) is 2.05. The second-order valence-electron chi connectivity index (χ2n) is 3.49. The summed E-state index contributed by atoms with van der Waals surface area (Å²) in [5.41, 5.74) is 2.93. The summed E-state index contributed by atoms with van der Waals surface area (Å²) in [5.74, 6) is 2.38. The molecule has 3 heteroatoms. The van der Waals surface area contributed by atoms with Crippen LogP contribution in [-0.4, -0.2) is 12.8 Å². The molecule has 0 saturated carbocycles. The van der Waals surface area contributed by atoms with E-state index in [9.17, 15) is 0 Å². The van der Waals surface area contributed by atoms with Gasteiger partial charge in [0, 0.05) is 16.3 Å². The zero-order valence-corrected chi connectivity index (χ0v) is 10.6. The van der Waals surface area contributed by atoms with Crippen LogP contribution < -0.4 is 5.32 Å². The van der Waals surface area contributed by atoms with Crippen LogP contribution in [0.5, 0.6) is 0 Å². The van der Waals surface area contributed by atoms with E-state index in [1.165, 1.54) is 27.8 Å². The zero-order valence-electron chi connectivity index (χ0n) is 8.22. The highest BCUT2D eigenvalue weighted by atomic mass is 79.9. The van der Waals surface area contributed by atoms with E-state index >= 15 is 0 Å². The molecule has 0 spiro atoms. The molecule has 0 amide bonds. The highest BCUT2D eigenvalue weighted by Crippen LogP contribution is 2.34. The molecule has 14 heavy (non-hydrogen) atoms. The fourth-order valence-corrected chi connectivity index (χ4v) is 3.67. The normalized spacial score (nSPS) is 21.4. The highest BCUT2D eigenvalue weighted by molar-refractivity contribution is 9.10. The Kier molecular flexibility index (Phi) is 3.52. The SMILES string of the molecule is CNC1CCSCc2c(Br)cccc21. The van der Waals surface area contributed by atoms with Gasteiger partial charge in [-0.05, 0) is 36.4 Å². The number of halogens is 1. The van der Waals surface area contributed by atoms with Crippen molar-refractivity contribution in [2.45, 2.75) is 18.2 Å². The predicted octanol–water partition coefficient (Wildman–Crippen LogP) is 3.35. The third-order valence-electron chi connectivity index (χ3n) is 2.68. The van der Waals surface area contributed by atoms with E-state index < -0.39 is 0 Å². The van der Waals surface area contributed by atoms with Crippen molar-refractivity contribution in [3.05, 3.63) is 33.8 Å². The van der Waals surface area contributed by atoms with Crippen LogP contribution in [0.3, 0.4) is 0 Å². The van der Waals surface area contributed by atoms with Crippen molar-refractivity contribution in [3.8, 4) is 0 Å². The van der Waals surface area contributed by atoms with Crippen LogP contribution in [0.2, 0.25) is 0 Å². The fourth-order valence-electron chi connectivity index (χ4n) is 1.88. The Balaban J connectivity index is 2.44. The van der Waals surface area contributed by atoms with E-state index in [0.29, 0.717) is 6.04 Å². The fraction of sp³-hybridized carbons (Fsp3) is 0.455. The average Bonchev–Trinajstić information content (AvgIpc) is 2.40. The number of hydrogen-bond donors (Lipinski definition) is 1. The lowest BCUT2D eigenvalue weighted by Crippen LogP contribution is -2.17. The Morgan fingerprint density at radius 1 is 1.50 bits per heavy atom. The molecule has 1 nitrogen and oxygen atoms in total. The molecule has 2 rings (SSSR count). The average molecular weight is 272 g/mol. The number of thioether (sulfide) groups is 1. The van der Waals surface area contributed by atoms with Crippen molar-refractivity contribution in [3.63, 3.8) is 0 Å². The molecular formula is C11H14BrNS. The maximum absolute atomic E-state index is 3.63. The van der Waals surface area contributed by atoms with E-state index in [1.807, 2.05) is 18.8 Å². The van der Waals surface area contributed by atoms with Gasteiger partial charge in [-0.2, -0.15) is 11.8 Å². The summed E-state index contributed by atoms with van der Waals surface area (Å²) in [6.07, 6.45) is 1.23. The third-order valence-corrected chi connectivity index (χ3v) is 4.44. The van der Waals surface area contributed by atoms with Gasteiger partial charge in [0.15, 0.2) is 0 Å². The standard InChI is InChI=1S/C11H14BrNS/c1-13-11-5-6-14-7-9-8(11)3-2-4-10(9)12/h2-4,11,13H,5-7H2,1H3. The quantitative estimate of drug-likeness (QED) is 0.841. The summed E-state index contributed by atoms with van der Waals surface area (Å²) in [4.78, 5) is 0. The van der Waals surface area contributed by atoms with Crippen molar-refractivity contribution in [2.24, 2.45) is 0 Å². The number of fused-ring (bicyclic) bond motifs is 1. The summed E-state index contributed by atoms with van der Waals surface area (Å²) in [6, 6.07) is 7.03. The number of nitrogens with one attached hydrogen (secondary N) is 1. The Morgan fingerprint density at radius 2 is 2.36 bits per heavy atom. The first kappa shape index (κ1) is 10.5. The Bertz CT molecular complexity index is 327. The van der Waals surface area contributed by atoms with Gasteiger partial charge in [0.2, 0.25) is 0 Å². The van der Waals surface area contributed by atoms with Gasteiger partial charge in [0.05, 0.1) is 0 Å². The molecule has 0 fully saturated rings. The summed E-state index contributed by atoms with van der Waals surface area (Å²) < 4.78 is 1.25. The lowest BCUT2D eigenvalue weighted by molar-refractivity contribution is 0.581. The molecule has 1 aromatic carbocycles. The van der Waals surface area contributed by atoms with Crippen molar-refractivity contribution in [2.75, 3.05) is 12.8 Å². The smallest absolute Gasteiger partial charge is 0.0328 e. The molecule has 1 aromatic rings. The van der Waals surface area contributed by atoms with Gasteiger partial charge in [-0.3, -0.25) is 0 Å². The van der Waals surface area contributed by atoms with Gasteiger partial charge < -0.3 is 5.32 Å². The summed E-state index contributed by atoms with van der Waals surface area (Å²) in [6.45, 7) is 0. The predicted molar refractivity (Wildman–Crippen MR) is 66.7 cm³/mol. The van der Waals surface area contributed by atoms with Crippen LogP contribution in [0.4, 0.5) is 0 Å². The second kappa shape index (κ2) is 4.69. The van der Waals surface area contributed by atoms with Gasteiger partial charge in [-0.1, -0.05) is 28.1 Å². The molecule has 1 aliphatic heterocycles. The van der Waals surface area contributed by atoms with E-state index in [4.69, 9.17) is 0 Å². The minimum Gasteiger partial charge on any atom is -0.313 e. The number of hydrogen-bond acceptors (Lipinski definition) is 2. The molecule has 1 unspecified atom stereocenters. The molecule has 0 saturated heterocycles. The van der Waals surface area contributed by atoms with E-state index in [1.54, 1.807) is 0 Å². The van der Waals surface area contributed by atoms with Crippen LogP contribution in [0.25, 0.3) is 0 Å². The van der Waals surface area contributed by atoms with Crippen molar-refractivity contribution < 1.29 is 0 Å². The van der Waals surface area contributed by atoms with Crippen LogP contribution in [0.1, 0.15) is 23.6 Å². The first-order chi connectivity index (χ1) is 6.83. The molecule has 0 aliphatic carbocycles. The molecular weight excluding hydrogens is 258 g/mol. The maximum Gasteiger partial charge on any atom is 0.0328 e. The Morgan fingerprint density at radius 3 is 3.14 bits per heavy atom. The van der Waals surface area contributed by atoms with E-state index in [0.717, 1.165) is 5.75 Å². The van der Waals surface area contributed by atoms with E-state index in [-0.39, 0.29) is 0 Å². The van der Waals surface area contributed by atoms with Gasteiger partial charge >= 0.3 is 0 Å². The lowest BCUT2D eigenvalue weighted by atomic mass is 10.00. The monoisotopic (exact) mass is 271 g/mol. The van der Waals surface area contributed by atoms with Crippen LogP contribution >= 0.6 is 27.7 Å². The maximum atomic E-state index is 3.63. The molecule has 1 N–H and O–H groups in total. The highest BCUT2D eigenvalue weighted by Gasteiger charge is 2.18. The third kappa shape index (κ3) is 2.00. The molecule has 76 valence electrons. The van der Waals surface area contributed by atoms with Crippen LogP contribution in [0.15, 0.2) is 22.7 Å². The topological polar surface area (TPSA) is 12.0 Å². The number of benzene rings is 1. The van der Waals surface area contributed by atoms with Gasteiger partial charge in [0.25, 0.3) is 0 Å². The molecule has 1 aliphatic rings. The number of rotatable bonds is 1. The van der Waals surface area contributed by atoms with Gasteiger partial charge in [-0.15, -0.1) is 0 Å². The minimum absolute atomic E-state index is 0.525. The van der Waals surface area contributed by atoms with Crippen LogP contribution in [0, 0.1) is 0 Å². The Hall–Kier alpha value is 0.0100. The Labute approximate surface area is 97.8 Å². The lowest BCUT2D eigenvalue weighted by Gasteiger charge is -2.16. The second-order valence-corrected chi connectivity index (χ2v) is 5.45. The van der Waals surface area contributed by atoms with Gasteiger partial charge in [-0.25, -0.2) is 0 Å². The van der Waals surface area contributed by atoms with Crippen molar-refractivity contribution in [1.82, 2.24) is 5.32 Å². The molecule has 1 atom stereocenters. The first-order valence-corrected chi connectivity index (χ1v) is 6.80. The molecule has 0 bridgehead atoms. The molecule has 0 aromatic heterocycles. The first-order valence-electron chi connectivity index (χ1n) is 4.85. The minimum atomic E-state index is 0.525. The largest absolute Gasteiger partial charge is 0.313 e. The van der Waals surface area contributed by atoms with E-state index in [2.05, 4.69) is 39.4 Å². The van der Waals surface area contributed by atoms with Crippen LogP contribution in [-0.2, 0) is 5.75 Å². The summed E-state index contributed by atoms with van der Waals surface area (Å²) in [5, 5.41) is 3.39. The summed E-state index contributed by atoms with van der Waals surface area (Å²) >= 11 is 5.65. The molecule has 1 heterocycles. The van der Waals surface area contributed by atoms with Crippen molar-refractivity contribution >= 4 is 27.7 Å². The molecule has 0 radical (unpaired) electrons. The van der Waals surface area contributed by atoms with Crippen molar-refractivity contribution in [1.29, 1.82) is 0 Å². The van der Waals surface area contributed by atoms with Gasteiger partial charge in [0.1, 0.15) is 0 Å².